The molecule has 269 valence electrons. The van der Waals surface area contributed by atoms with E-state index >= 15 is 0 Å². The molecule has 0 aliphatic heterocycles. The van der Waals surface area contributed by atoms with Crippen LogP contribution in [-0.2, 0) is 17.1 Å². The molecular formula is C40H28Cl4CuN6O2. The molecule has 0 aliphatic carbocycles. The van der Waals surface area contributed by atoms with Crippen LogP contribution in [0.25, 0.3) is 0 Å². The van der Waals surface area contributed by atoms with Gasteiger partial charge in [0.1, 0.15) is 0 Å². The van der Waals surface area contributed by atoms with Gasteiger partial charge in [0.25, 0.3) is 0 Å². The number of anilines is 2. The van der Waals surface area contributed by atoms with Gasteiger partial charge >= 0.3 is 17.1 Å². The molecule has 53 heavy (non-hydrogen) atoms. The Balaban J connectivity index is 0.000000232. The van der Waals surface area contributed by atoms with Crippen molar-refractivity contribution in [3.05, 3.63) is 189 Å². The predicted molar refractivity (Wildman–Crippen MR) is 213 cm³/mol. The van der Waals surface area contributed by atoms with E-state index in [0.29, 0.717) is 42.6 Å². The van der Waals surface area contributed by atoms with Gasteiger partial charge < -0.3 is 20.8 Å². The van der Waals surface area contributed by atoms with Crippen LogP contribution in [0.15, 0.2) is 178 Å². The second-order valence-electron chi connectivity index (χ2n) is 10.6. The minimum Gasteiger partial charge on any atom is -0.858 e. The van der Waals surface area contributed by atoms with E-state index < -0.39 is 11.8 Å². The summed E-state index contributed by atoms with van der Waals surface area (Å²) in [5, 5.41) is 32.7. The second kappa shape index (κ2) is 20.8. The van der Waals surface area contributed by atoms with Crippen molar-refractivity contribution in [1.29, 1.82) is 0 Å². The molecule has 0 bridgehead atoms. The van der Waals surface area contributed by atoms with Gasteiger partial charge in [0.05, 0.1) is 21.4 Å². The molecule has 0 atom stereocenters. The first kappa shape index (κ1) is 40.6. The van der Waals surface area contributed by atoms with Crippen molar-refractivity contribution in [2.24, 2.45) is 20.0 Å². The fraction of sp³-hybridized carbons (Fsp3) is 0. The van der Waals surface area contributed by atoms with Gasteiger partial charge in [0.15, 0.2) is 0 Å². The van der Waals surface area contributed by atoms with Crippen molar-refractivity contribution >= 4 is 92.9 Å². The van der Waals surface area contributed by atoms with Crippen molar-refractivity contribution in [1.82, 2.24) is 0 Å². The molecule has 1 radical (unpaired) electrons. The summed E-state index contributed by atoms with van der Waals surface area (Å²) in [6, 6.07) is 46.1. The van der Waals surface area contributed by atoms with Crippen LogP contribution in [0.3, 0.4) is 0 Å². The maximum atomic E-state index is 12.4. The van der Waals surface area contributed by atoms with Gasteiger partial charge in [-0.2, -0.15) is 0 Å². The van der Waals surface area contributed by atoms with Gasteiger partial charge in [0, 0.05) is 21.4 Å². The summed E-state index contributed by atoms with van der Waals surface area (Å²) < 4.78 is 0. The van der Waals surface area contributed by atoms with Crippen LogP contribution in [0, 0.1) is 0 Å². The molecule has 6 rings (SSSR count). The monoisotopic (exact) mass is 827 g/mol. The third-order valence-electron chi connectivity index (χ3n) is 6.79. The fourth-order valence-corrected chi connectivity index (χ4v) is 5.22. The molecule has 0 heterocycles. The summed E-state index contributed by atoms with van der Waals surface area (Å²) in [5.74, 6) is -0.542. The molecule has 2 N–H and O–H groups in total. The number of halogens is 4. The third-order valence-corrected chi connectivity index (χ3v) is 7.86. The number of aliphatic imine (C=N–C) groups is 4. The quantitative estimate of drug-likeness (QED) is 0.0987. The number of para-hydroxylation sites is 2. The zero-order valence-electron chi connectivity index (χ0n) is 27.4. The van der Waals surface area contributed by atoms with Gasteiger partial charge in [-0.3, -0.25) is 0 Å². The van der Waals surface area contributed by atoms with Crippen LogP contribution in [0.1, 0.15) is 11.1 Å². The van der Waals surface area contributed by atoms with Crippen molar-refractivity contribution in [2.45, 2.75) is 0 Å². The normalized spacial score (nSPS) is 11.8. The van der Waals surface area contributed by atoms with Crippen LogP contribution in [0.2, 0.25) is 20.1 Å². The van der Waals surface area contributed by atoms with E-state index in [9.17, 15) is 10.2 Å². The number of hydrogen-bond donors (Lipinski definition) is 2. The molecule has 0 saturated heterocycles. The van der Waals surface area contributed by atoms with Crippen molar-refractivity contribution in [2.75, 3.05) is 10.6 Å². The zero-order valence-corrected chi connectivity index (χ0v) is 31.4. The molecule has 0 spiro atoms. The summed E-state index contributed by atoms with van der Waals surface area (Å²) in [4.78, 5) is 17.0. The van der Waals surface area contributed by atoms with Crippen molar-refractivity contribution in [3.63, 3.8) is 0 Å². The van der Waals surface area contributed by atoms with E-state index in [2.05, 4.69) is 30.6 Å². The van der Waals surface area contributed by atoms with Gasteiger partial charge in [-0.05, 0) is 83.6 Å². The molecule has 0 aliphatic rings. The van der Waals surface area contributed by atoms with Crippen LogP contribution >= 0.6 is 46.4 Å². The summed E-state index contributed by atoms with van der Waals surface area (Å²) in [6.45, 7) is 0. The van der Waals surface area contributed by atoms with Crippen molar-refractivity contribution in [3.8, 4) is 0 Å². The molecule has 8 nitrogen and oxygen atoms in total. The Labute approximate surface area is 337 Å². The molecule has 0 aromatic heterocycles. The van der Waals surface area contributed by atoms with Crippen molar-refractivity contribution < 1.29 is 27.3 Å². The van der Waals surface area contributed by atoms with E-state index in [1.54, 1.807) is 84.9 Å². The SMILES string of the molecule is [Cu+2].[O-]/C(=N\C(=Nc1ccc(Cl)cc1Cl)Nc1ccccc1)c1ccccc1.[O-]/C(=N\C(=Nc1ccc(Cl)cc1Cl)Nc1ccccc1)c1ccccc1. The standard InChI is InChI=1S/2C20H15Cl2N3O.Cu/c2*21-15-11-12-18(17(22)13-15)24-20(23-16-9-5-2-6-10-16)25-19(26)14-7-3-1-4-8-14;/h2*1-13H,(H2,23,24,25,26);/q;;+2/p-2. The van der Waals surface area contributed by atoms with Crippen LogP contribution in [-0.4, -0.2) is 23.7 Å². The molecule has 6 aromatic carbocycles. The average Bonchev–Trinajstić information content (AvgIpc) is 3.15. The topological polar surface area (TPSA) is 120 Å². The first-order chi connectivity index (χ1) is 25.2. The van der Waals surface area contributed by atoms with Gasteiger partial charge in [-0.25, -0.2) is 20.0 Å². The molecule has 0 saturated carbocycles. The Kier molecular flexibility index (Phi) is 16.0. The Morgan fingerprint density at radius 1 is 0.434 bits per heavy atom. The molecular weight excluding hydrogens is 802 g/mol. The van der Waals surface area contributed by atoms with Gasteiger partial charge in [0.2, 0.25) is 11.9 Å². The molecule has 0 amide bonds. The zero-order chi connectivity index (χ0) is 36.7. The number of benzene rings is 6. The maximum absolute atomic E-state index is 12.4. The molecule has 0 fully saturated rings. The summed E-state index contributed by atoms with van der Waals surface area (Å²) in [5.41, 5.74) is 3.36. The number of hydrogen-bond acceptors (Lipinski definition) is 4. The third kappa shape index (κ3) is 13.1. The molecule has 6 aromatic rings. The molecule has 0 unspecified atom stereocenters. The van der Waals surface area contributed by atoms with Crippen LogP contribution in [0.4, 0.5) is 22.7 Å². The fourth-order valence-electron chi connectivity index (χ4n) is 4.32. The summed E-state index contributed by atoms with van der Waals surface area (Å²) in [7, 11) is 0. The van der Waals surface area contributed by atoms with E-state index in [1.165, 1.54) is 0 Å². The summed E-state index contributed by atoms with van der Waals surface area (Å²) in [6.07, 6.45) is 0. The van der Waals surface area contributed by atoms with Gasteiger partial charge in [-0.15, -0.1) is 0 Å². The minimum absolute atomic E-state index is 0. The van der Waals surface area contributed by atoms with Crippen LogP contribution < -0.4 is 20.8 Å². The first-order valence-electron chi connectivity index (χ1n) is 15.6. The second-order valence-corrected chi connectivity index (χ2v) is 12.3. The number of rotatable bonds is 6. The molecule has 13 heteroatoms. The van der Waals surface area contributed by atoms with Gasteiger partial charge in [-0.1, -0.05) is 143 Å². The number of nitrogens with zero attached hydrogens (tertiary/aromatic N) is 4. The number of nitrogens with one attached hydrogen (secondary N) is 2. The minimum atomic E-state index is -0.405. The average molecular weight is 830 g/mol. The smallest absolute Gasteiger partial charge is 0.858 e. The first-order valence-corrected chi connectivity index (χ1v) is 17.1. The predicted octanol–water partition coefficient (Wildman–Crippen LogP) is 9.80. The van der Waals surface area contributed by atoms with E-state index in [0.717, 1.165) is 11.4 Å². The van der Waals surface area contributed by atoms with E-state index in [1.807, 2.05) is 72.8 Å². The Morgan fingerprint density at radius 3 is 1.08 bits per heavy atom. The van der Waals surface area contributed by atoms with E-state index in [4.69, 9.17) is 46.4 Å². The largest absolute Gasteiger partial charge is 2.00 e. The summed E-state index contributed by atoms with van der Waals surface area (Å²) >= 11 is 24.2. The Hall–Kier alpha value is -5.12. The van der Waals surface area contributed by atoms with E-state index in [-0.39, 0.29) is 29.0 Å². The Bertz CT molecular complexity index is 2050. The number of guanidine groups is 2. The maximum Gasteiger partial charge on any atom is 2.00 e. The Morgan fingerprint density at radius 2 is 0.755 bits per heavy atom. The van der Waals surface area contributed by atoms with Crippen LogP contribution in [0.5, 0.6) is 0 Å².